The molecule has 63 heavy (non-hydrogen) atoms. The van der Waals surface area contributed by atoms with Crippen LogP contribution in [0.1, 0.15) is 210 Å². The minimum absolute atomic E-state index is 0.0526. The van der Waals surface area contributed by atoms with Crippen molar-refractivity contribution in [2.45, 2.75) is 200 Å². The highest BCUT2D eigenvalue weighted by Crippen LogP contribution is 2.66. The summed E-state index contributed by atoms with van der Waals surface area (Å²) in [7, 11) is 0. The summed E-state index contributed by atoms with van der Waals surface area (Å²) in [5, 5.41) is 0. The lowest BCUT2D eigenvalue weighted by Gasteiger charge is -2.56. The Balaban J connectivity index is 1.26. The van der Waals surface area contributed by atoms with Gasteiger partial charge in [-0.3, -0.25) is 0 Å². The molecule has 0 spiro atoms. The van der Waals surface area contributed by atoms with Gasteiger partial charge in [0.25, 0.3) is 6.71 Å². The standard InChI is InChI=1S/C59H71BN2S/c1-32-26-33(52(2,3)4)27-39-47(32)62-43-29-34(53(5,6)7)28-42-46(43)60(51-49(62)45-50(63-51)57(14,15)23-25-59(39,45)17)40-19-18-35-44-48(40)61(42)41-31-37-36(55(10,11)20-21-56(37,12)13)30-38(41)58(44,16)24-22-54(35,8)9/h18-19,26-31H,20-25H2,1-17H3. The fourth-order valence-corrected chi connectivity index (χ4v) is 15.9. The highest BCUT2D eigenvalue weighted by Gasteiger charge is 2.59. The molecule has 2 unspecified atom stereocenters. The largest absolute Gasteiger partial charge is 0.311 e. The summed E-state index contributed by atoms with van der Waals surface area (Å²) in [4.78, 5) is 7.33. The van der Waals surface area contributed by atoms with Crippen molar-refractivity contribution in [2.75, 3.05) is 9.80 Å². The third-order valence-corrected chi connectivity index (χ3v) is 20.3. The van der Waals surface area contributed by atoms with Crippen LogP contribution in [0.5, 0.6) is 0 Å². The lowest BCUT2D eigenvalue weighted by molar-refractivity contribution is 0.327. The Labute approximate surface area is 384 Å². The van der Waals surface area contributed by atoms with Crippen LogP contribution in [0.25, 0.3) is 0 Å². The van der Waals surface area contributed by atoms with Crippen molar-refractivity contribution < 1.29 is 0 Å². The Morgan fingerprint density at radius 2 is 1.03 bits per heavy atom. The SMILES string of the molecule is Cc1cc(C(C)(C)C)cc2c1N1c3cc(C(C)(C)C)cc4c3B(c3ccc5c6c3N4c3cc4c(cc3C6(C)CCC5(C)C)C(C)(C)CCC4(C)C)c3sc4c(c31)C2(C)CCC4(C)C. The fraction of sp³-hybridized carbons (Fsp3) is 0.525. The number of aryl methyl sites for hydroxylation is 1. The van der Waals surface area contributed by atoms with Crippen molar-refractivity contribution in [2.24, 2.45) is 0 Å². The monoisotopic (exact) mass is 851 g/mol. The Bertz CT molecular complexity index is 2940. The Hall–Kier alpha value is -3.76. The molecule has 7 aliphatic rings. The first-order valence-electron chi connectivity index (χ1n) is 24.6. The number of benzene rings is 4. The minimum atomic E-state index is -0.0816. The first-order chi connectivity index (χ1) is 29.1. The first-order valence-corrected chi connectivity index (χ1v) is 25.4. The normalized spacial score (nSPS) is 25.4. The molecule has 4 heteroatoms. The summed E-state index contributed by atoms with van der Waals surface area (Å²) in [5.41, 5.74) is 27.4. The van der Waals surface area contributed by atoms with E-state index in [4.69, 9.17) is 0 Å². The second kappa shape index (κ2) is 11.6. The van der Waals surface area contributed by atoms with E-state index in [2.05, 4.69) is 187 Å². The minimum Gasteiger partial charge on any atom is -0.311 e. The van der Waals surface area contributed by atoms with Crippen molar-refractivity contribution >= 4 is 67.9 Å². The van der Waals surface area contributed by atoms with E-state index in [1.807, 2.05) is 0 Å². The maximum atomic E-state index is 2.86. The number of anilines is 6. The predicted molar refractivity (Wildman–Crippen MR) is 273 cm³/mol. The molecule has 0 bridgehead atoms. The maximum absolute atomic E-state index is 2.86. The summed E-state index contributed by atoms with van der Waals surface area (Å²) >= 11 is 2.19. The Kier molecular flexibility index (Phi) is 7.50. The zero-order chi connectivity index (χ0) is 44.9. The highest BCUT2D eigenvalue weighted by atomic mass is 32.1. The van der Waals surface area contributed by atoms with Gasteiger partial charge in [0.2, 0.25) is 0 Å². The molecule has 5 heterocycles. The number of thiophene rings is 1. The van der Waals surface area contributed by atoms with Gasteiger partial charge in [0.1, 0.15) is 0 Å². The lowest BCUT2D eigenvalue weighted by Crippen LogP contribution is -2.63. The predicted octanol–water partition coefficient (Wildman–Crippen LogP) is 14.5. The number of hydrogen-bond donors (Lipinski definition) is 0. The third kappa shape index (κ3) is 4.88. The fourth-order valence-electron chi connectivity index (χ4n) is 14.2. The quantitative estimate of drug-likeness (QED) is 0.140. The van der Waals surface area contributed by atoms with Gasteiger partial charge in [-0.25, -0.2) is 0 Å². The molecule has 12 rings (SSSR count). The summed E-state index contributed by atoms with van der Waals surface area (Å²) in [6, 6.07) is 21.2. The zero-order valence-electron chi connectivity index (χ0n) is 41.7. The molecule has 0 radical (unpaired) electrons. The smallest absolute Gasteiger partial charge is 0.264 e. The number of hydrogen-bond acceptors (Lipinski definition) is 3. The molecule has 4 aliphatic heterocycles. The molecule has 5 aromatic rings. The van der Waals surface area contributed by atoms with E-state index in [1.165, 1.54) is 106 Å². The zero-order valence-corrected chi connectivity index (χ0v) is 42.6. The van der Waals surface area contributed by atoms with Gasteiger partial charge in [-0.2, -0.15) is 11.3 Å². The number of fused-ring (bicyclic) bond motifs is 11. The van der Waals surface area contributed by atoms with Crippen LogP contribution in [0.3, 0.4) is 0 Å². The summed E-state index contributed by atoms with van der Waals surface area (Å²) in [6.45, 7) is 42.6. The van der Waals surface area contributed by atoms with Gasteiger partial charge in [-0.05, 0) is 157 Å². The van der Waals surface area contributed by atoms with Gasteiger partial charge in [0.15, 0.2) is 0 Å². The van der Waals surface area contributed by atoms with Crippen molar-refractivity contribution in [3.8, 4) is 0 Å². The summed E-state index contributed by atoms with van der Waals surface area (Å²) < 4.78 is 1.58. The van der Waals surface area contributed by atoms with E-state index in [-0.39, 0.29) is 50.0 Å². The molecule has 4 aromatic carbocycles. The van der Waals surface area contributed by atoms with Crippen LogP contribution in [0, 0.1) is 6.92 Å². The van der Waals surface area contributed by atoms with Crippen LogP contribution in [0.4, 0.5) is 34.1 Å². The van der Waals surface area contributed by atoms with Gasteiger partial charge >= 0.3 is 0 Å². The van der Waals surface area contributed by atoms with Crippen LogP contribution in [-0.4, -0.2) is 6.71 Å². The second-order valence-corrected chi connectivity index (χ2v) is 27.8. The average molecular weight is 851 g/mol. The van der Waals surface area contributed by atoms with Gasteiger partial charge in [-0.15, -0.1) is 0 Å². The van der Waals surface area contributed by atoms with Gasteiger partial charge in [0.05, 0.1) is 17.1 Å². The second-order valence-electron chi connectivity index (χ2n) is 26.8. The van der Waals surface area contributed by atoms with E-state index in [0.717, 1.165) is 0 Å². The molecule has 2 atom stereocenters. The van der Waals surface area contributed by atoms with E-state index in [1.54, 1.807) is 43.0 Å². The molecule has 0 saturated carbocycles. The molecular weight excluding hydrogens is 780 g/mol. The molecule has 0 N–H and O–H groups in total. The Morgan fingerprint density at radius 3 is 1.67 bits per heavy atom. The number of rotatable bonds is 0. The van der Waals surface area contributed by atoms with E-state index >= 15 is 0 Å². The number of nitrogens with zero attached hydrogens (tertiary/aromatic N) is 2. The van der Waals surface area contributed by atoms with Crippen LogP contribution >= 0.6 is 11.3 Å². The van der Waals surface area contributed by atoms with Crippen LogP contribution in [-0.2, 0) is 43.3 Å². The molecule has 0 saturated heterocycles. The highest BCUT2D eigenvalue weighted by molar-refractivity contribution is 7.29. The van der Waals surface area contributed by atoms with Gasteiger partial charge in [-0.1, -0.05) is 141 Å². The maximum Gasteiger partial charge on any atom is 0.264 e. The molecule has 326 valence electrons. The molecular formula is C59H71BN2S. The van der Waals surface area contributed by atoms with Gasteiger partial charge < -0.3 is 9.80 Å². The topological polar surface area (TPSA) is 6.48 Å². The Morgan fingerprint density at radius 1 is 0.492 bits per heavy atom. The molecule has 0 fully saturated rings. The molecule has 3 aliphatic carbocycles. The summed E-state index contributed by atoms with van der Waals surface area (Å²) in [6.07, 6.45) is 7.18. The van der Waals surface area contributed by atoms with Crippen molar-refractivity contribution in [3.63, 3.8) is 0 Å². The summed E-state index contributed by atoms with van der Waals surface area (Å²) in [5.74, 6) is 0. The van der Waals surface area contributed by atoms with Crippen molar-refractivity contribution in [1.82, 2.24) is 0 Å². The van der Waals surface area contributed by atoms with Gasteiger partial charge in [0, 0.05) is 43.1 Å². The van der Waals surface area contributed by atoms with Crippen LogP contribution < -0.4 is 25.5 Å². The van der Waals surface area contributed by atoms with Crippen LogP contribution in [0.15, 0.2) is 48.5 Å². The van der Waals surface area contributed by atoms with Crippen LogP contribution in [0.2, 0.25) is 0 Å². The molecule has 0 amide bonds. The lowest BCUT2D eigenvalue weighted by atomic mass is 9.34. The molecule has 2 nitrogen and oxygen atoms in total. The third-order valence-electron chi connectivity index (χ3n) is 18.6. The van der Waals surface area contributed by atoms with E-state index < -0.39 is 0 Å². The molecule has 1 aromatic heterocycles. The first kappa shape index (κ1) is 40.7. The van der Waals surface area contributed by atoms with E-state index in [0.29, 0.717) is 0 Å². The van der Waals surface area contributed by atoms with E-state index in [9.17, 15) is 0 Å². The average Bonchev–Trinajstić information content (AvgIpc) is 3.61. The van der Waals surface area contributed by atoms with Crippen molar-refractivity contribution in [3.05, 3.63) is 109 Å². The van der Waals surface area contributed by atoms with Crippen molar-refractivity contribution in [1.29, 1.82) is 0 Å².